The molecular weight excluding hydrogens is 468 g/mol. The topological polar surface area (TPSA) is 104 Å². The first-order chi connectivity index (χ1) is 17.7. The molecule has 1 aliphatic heterocycles. The van der Waals surface area contributed by atoms with E-state index in [9.17, 15) is 9.90 Å². The van der Waals surface area contributed by atoms with Gasteiger partial charge in [0.15, 0.2) is 11.5 Å². The summed E-state index contributed by atoms with van der Waals surface area (Å²) in [5.41, 5.74) is 1.74. The van der Waals surface area contributed by atoms with Crippen molar-refractivity contribution < 1.29 is 5.11 Å². The summed E-state index contributed by atoms with van der Waals surface area (Å²) in [7, 11) is 2.15. The average Bonchev–Trinajstić information content (AvgIpc) is 3.15. The van der Waals surface area contributed by atoms with Crippen LogP contribution >= 0.6 is 0 Å². The number of aromatic nitrogens is 5. The summed E-state index contributed by atoms with van der Waals surface area (Å²) in [6.07, 6.45) is 2.33. The van der Waals surface area contributed by atoms with Gasteiger partial charge in [0.2, 0.25) is 5.95 Å². The average molecular weight is 503 g/mol. The number of benzene rings is 1. The van der Waals surface area contributed by atoms with Gasteiger partial charge in [-0.25, -0.2) is 19.3 Å². The van der Waals surface area contributed by atoms with E-state index >= 15 is 0 Å². The van der Waals surface area contributed by atoms with E-state index < -0.39 is 5.60 Å². The van der Waals surface area contributed by atoms with Crippen molar-refractivity contribution in [2.45, 2.75) is 39.3 Å². The molecule has 2 N–H and O–H groups in total. The van der Waals surface area contributed by atoms with Crippen LogP contribution in [-0.2, 0) is 12.1 Å². The number of pyridine rings is 1. The number of fused-ring (bicyclic) bond motifs is 1. The lowest BCUT2D eigenvalue weighted by Crippen LogP contribution is -2.44. The minimum Gasteiger partial charge on any atom is -0.384 e. The van der Waals surface area contributed by atoms with Gasteiger partial charge in [0.1, 0.15) is 11.0 Å². The third kappa shape index (κ3) is 5.07. The molecule has 1 aliphatic rings. The quantitative estimate of drug-likeness (QED) is 0.397. The van der Waals surface area contributed by atoms with Crippen LogP contribution in [0.4, 0.5) is 17.3 Å². The van der Waals surface area contributed by atoms with Gasteiger partial charge in [-0.05, 0) is 63.7 Å². The number of aliphatic hydroxyl groups is 1. The van der Waals surface area contributed by atoms with Gasteiger partial charge in [-0.3, -0.25) is 4.79 Å². The number of hydrogen-bond acceptors (Lipinski definition) is 8. The normalized spacial score (nSPS) is 14.9. The van der Waals surface area contributed by atoms with Crippen molar-refractivity contribution >= 4 is 28.4 Å². The lowest BCUT2D eigenvalue weighted by atomic mass is 10.1. The van der Waals surface area contributed by atoms with Crippen LogP contribution in [0.1, 0.15) is 32.9 Å². The first kappa shape index (κ1) is 24.9. The van der Waals surface area contributed by atoms with Crippen LogP contribution in [0.15, 0.2) is 53.5 Å². The summed E-state index contributed by atoms with van der Waals surface area (Å²) >= 11 is 0. The van der Waals surface area contributed by atoms with Crippen molar-refractivity contribution in [2.24, 2.45) is 0 Å². The van der Waals surface area contributed by atoms with Crippen LogP contribution in [-0.4, -0.2) is 67.5 Å². The maximum atomic E-state index is 13.2. The minimum absolute atomic E-state index is 0.171. The number of rotatable bonds is 7. The van der Waals surface area contributed by atoms with Gasteiger partial charge in [-0.15, -0.1) is 0 Å². The molecule has 194 valence electrons. The molecule has 10 heteroatoms. The molecule has 0 atom stereocenters. The van der Waals surface area contributed by atoms with Crippen LogP contribution < -0.4 is 15.8 Å². The molecule has 0 aliphatic carbocycles. The highest BCUT2D eigenvalue weighted by Gasteiger charge is 2.22. The van der Waals surface area contributed by atoms with E-state index in [4.69, 9.17) is 4.98 Å². The summed E-state index contributed by atoms with van der Waals surface area (Å²) in [5, 5.41) is 14.2. The second-order valence-electron chi connectivity index (χ2n) is 10.1. The predicted octanol–water partition coefficient (Wildman–Crippen LogP) is 3.11. The predicted molar refractivity (Wildman–Crippen MR) is 146 cm³/mol. The molecule has 3 aromatic heterocycles. The Bertz CT molecular complexity index is 1440. The van der Waals surface area contributed by atoms with Crippen molar-refractivity contribution in [3.8, 4) is 5.82 Å². The highest BCUT2D eigenvalue weighted by Crippen LogP contribution is 2.23. The fourth-order valence-electron chi connectivity index (χ4n) is 4.57. The third-order valence-corrected chi connectivity index (χ3v) is 6.68. The van der Waals surface area contributed by atoms with Crippen molar-refractivity contribution in [1.82, 2.24) is 29.2 Å². The van der Waals surface area contributed by atoms with Crippen molar-refractivity contribution in [2.75, 3.05) is 43.4 Å². The molecule has 0 saturated carbocycles. The van der Waals surface area contributed by atoms with E-state index in [-0.39, 0.29) is 5.56 Å². The van der Waals surface area contributed by atoms with Crippen LogP contribution in [0.5, 0.6) is 0 Å². The highest BCUT2D eigenvalue weighted by molar-refractivity contribution is 5.77. The SMILES string of the molecule is CCCn1c(=O)c2cnc(Nc3ccc(N4CCN(C)CC4)cc3)nc2n1-c1cccc(C(C)(C)O)n1. The highest BCUT2D eigenvalue weighted by atomic mass is 16.3. The Hall–Kier alpha value is -3.76. The molecule has 5 rings (SSSR count). The number of hydrogen-bond donors (Lipinski definition) is 2. The van der Waals surface area contributed by atoms with Gasteiger partial charge < -0.3 is 20.2 Å². The summed E-state index contributed by atoms with van der Waals surface area (Å²) in [4.78, 5) is 31.8. The van der Waals surface area contributed by atoms with Gasteiger partial charge in [0, 0.05) is 50.3 Å². The van der Waals surface area contributed by atoms with E-state index in [0.717, 1.165) is 38.3 Å². The summed E-state index contributed by atoms with van der Waals surface area (Å²) in [6.45, 7) is 10.0. The van der Waals surface area contributed by atoms with Gasteiger partial charge in [0.25, 0.3) is 5.56 Å². The Labute approximate surface area is 216 Å². The maximum Gasteiger partial charge on any atom is 0.278 e. The van der Waals surface area contributed by atoms with Gasteiger partial charge in [-0.2, -0.15) is 4.98 Å². The van der Waals surface area contributed by atoms with Crippen LogP contribution in [0.25, 0.3) is 16.9 Å². The van der Waals surface area contributed by atoms with Crippen LogP contribution in [0.3, 0.4) is 0 Å². The smallest absolute Gasteiger partial charge is 0.278 e. The summed E-state index contributed by atoms with van der Waals surface area (Å²) < 4.78 is 3.35. The van der Waals surface area contributed by atoms with Crippen LogP contribution in [0.2, 0.25) is 0 Å². The number of likely N-dealkylation sites (N-methyl/N-ethyl adjacent to an activating group) is 1. The zero-order valence-electron chi connectivity index (χ0n) is 21.8. The van der Waals surface area contributed by atoms with E-state index in [2.05, 4.69) is 44.3 Å². The molecule has 37 heavy (non-hydrogen) atoms. The third-order valence-electron chi connectivity index (χ3n) is 6.68. The van der Waals surface area contributed by atoms with Gasteiger partial charge in [-0.1, -0.05) is 13.0 Å². The Kier molecular flexibility index (Phi) is 6.70. The summed E-state index contributed by atoms with van der Waals surface area (Å²) in [5.74, 6) is 0.905. The molecule has 4 heterocycles. The molecular formula is C27H34N8O2. The number of nitrogens with one attached hydrogen (secondary N) is 1. The molecule has 1 saturated heterocycles. The van der Waals surface area contributed by atoms with E-state index in [0.29, 0.717) is 35.0 Å². The fraction of sp³-hybridized carbons (Fsp3) is 0.407. The lowest BCUT2D eigenvalue weighted by Gasteiger charge is -2.34. The molecule has 0 amide bonds. The van der Waals surface area contributed by atoms with Gasteiger partial charge in [0.05, 0.1) is 5.69 Å². The molecule has 0 unspecified atom stereocenters. The maximum absolute atomic E-state index is 13.2. The Morgan fingerprint density at radius 3 is 2.43 bits per heavy atom. The van der Waals surface area contributed by atoms with Crippen molar-refractivity contribution in [3.05, 3.63) is 64.7 Å². The molecule has 0 bridgehead atoms. The Balaban J connectivity index is 1.49. The van der Waals surface area contributed by atoms with E-state index in [1.807, 2.05) is 31.2 Å². The number of piperazine rings is 1. The zero-order chi connectivity index (χ0) is 26.2. The second-order valence-corrected chi connectivity index (χ2v) is 10.1. The first-order valence-electron chi connectivity index (χ1n) is 12.7. The number of nitrogens with zero attached hydrogens (tertiary/aromatic N) is 7. The Morgan fingerprint density at radius 1 is 1.03 bits per heavy atom. The number of anilines is 3. The summed E-state index contributed by atoms with van der Waals surface area (Å²) in [6, 6.07) is 13.6. The fourth-order valence-corrected chi connectivity index (χ4v) is 4.57. The van der Waals surface area contributed by atoms with Gasteiger partial charge >= 0.3 is 0 Å². The van der Waals surface area contributed by atoms with E-state index in [1.165, 1.54) is 5.69 Å². The largest absolute Gasteiger partial charge is 0.384 e. The molecule has 1 aromatic carbocycles. The standard InChI is InChI=1S/C27H34N8O2/c1-5-13-34-25(36)21-18-28-26(29-19-9-11-20(12-10-19)33-16-14-32(4)15-17-33)31-24(21)35(34)23-8-6-7-22(30-23)27(2,3)37/h6-12,18,37H,5,13-17H2,1-4H3,(H,28,29,31). The van der Waals surface area contributed by atoms with Crippen molar-refractivity contribution in [1.29, 1.82) is 0 Å². The molecule has 10 nitrogen and oxygen atoms in total. The monoisotopic (exact) mass is 502 g/mol. The minimum atomic E-state index is -1.12. The molecule has 4 aromatic rings. The second kappa shape index (κ2) is 9.95. The lowest BCUT2D eigenvalue weighted by molar-refractivity contribution is 0.0738. The molecule has 1 fully saturated rings. The van der Waals surface area contributed by atoms with Crippen LogP contribution in [0, 0.1) is 0 Å². The zero-order valence-corrected chi connectivity index (χ0v) is 21.8. The van der Waals surface area contributed by atoms with E-state index in [1.54, 1.807) is 35.5 Å². The Morgan fingerprint density at radius 2 is 1.76 bits per heavy atom. The first-order valence-corrected chi connectivity index (χ1v) is 12.7. The van der Waals surface area contributed by atoms with Crippen molar-refractivity contribution in [3.63, 3.8) is 0 Å². The molecule has 0 spiro atoms. The molecule has 0 radical (unpaired) electrons.